The van der Waals surface area contributed by atoms with E-state index in [1.165, 1.54) is 0 Å². The lowest BCUT2D eigenvalue weighted by atomic mass is 9.96. The molecule has 3 fully saturated rings. The number of fused-ring (bicyclic) bond motifs is 1. The molecule has 0 aromatic heterocycles. The quantitative estimate of drug-likeness (QED) is 0.496. The lowest BCUT2D eigenvalue weighted by Crippen LogP contribution is -2.71. The lowest BCUT2D eigenvalue weighted by molar-refractivity contribution is -0.136. The molecule has 0 spiro atoms. The summed E-state index contributed by atoms with van der Waals surface area (Å²) in [6, 6.07) is 4.09. The molecule has 4 aliphatic rings. The van der Waals surface area contributed by atoms with Crippen LogP contribution < -0.4 is 15.5 Å². The monoisotopic (exact) mass is 422 g/mol. The molecule has 3 saturated heterocycles. The third kappa shape index (κ3) is 3.00. The Morgan fingerprint density at radius 3 is 2.42 bits per heavy atom. The topological polar surface area (TPSA) is 106 Å². The highest BCUT2D eigenvalue weighted by Crippen LogP contribution is 2.36. The van der Waals surface area contributed by atoms with E-state index in [1.54, 1.807) is 18.2 Å². The lowest BCUT2D eigenvalue weighted by Gasteiger charge is -2.48. The number of nitrogens with one attached hydrogen (secondary N) is 2. The summed E-state index contributed by atoms with van der Waals surface area (Å²) in [5, 5.41) is 5.50. The van der Waals surface area contributed by atoms with Crippen LogP contribution in [-0.2, 0) is 9.59 Å². The summed E-state index contributed by atoms with van der Waals surface area (Å²) in [5.41, 5.74) is 0.742. The molecule has 0 saturated carbocycles. The predicted molar refractivity (Wildman–Crippen MR) is 109 cm³/mol. The molecule has 4 heterocycles. The Morgan fingerprint density at radius 2 is 1.74 bits per heavy atom. The molecule has 1 aromatic rings. The van der Waals surface area contributed by atoms with Gasteiger partial charge in [-0.2, -0.15) is 0 Å². The highest BCUT2D eigenvalue weighted by molar-refractivity contribution is 6.23. The van der Waals surface area contributed by atoms with Gasteiger partial charge >= 0.3 is 5.66 Å². The first-order valence-electron chi connectivity index (χ1n) is 10.4. The van der Waals surface area contributed by atoms with Crippen molar-refractivity contribution in [2.45, 2.75) is 24.5 Å². The van der Waals surface area contributed by atoms with E-state index in [2.05, 4.69) is 20.4 Å². The summed E-state index contributed by atoms with van der Waals surface area (Å²) in [4.78, 5) is 58.6. The van der Waals surface area contributed by atoms with Crippen LogP contribution in [0.2, 0.25) is 0 Å². The molecule has 5 rings (SSSR count). The van der Waals surface area contributed by atoms with Gasteiger partial charge in [-0.1, -0.05) is 0 Å². The van der Waals surface area contributed by atoms with Gasteiger partial charge in [0.2, 0.25) is 11.8 Å². The van der Waals surface area contributed by atoms with Crippen LogP contribution in [-0.4, -0.2) is 84.4 Å². The van der Waals surface area contributed by atoms with Crippen LogP contribution in [0.15, 0.2) is 18.2 Å². The molecule has 31 heavy (non-hydrogen) atoms. The molecule has 1 aromatic carbocycles. The second kappa shape index (κ2) is 7.14. The van der Waals surface area contributed by atoms with Crippen molar-refractivity contribution in [2.75, 3.05) is 44.2 Å². The summed E-state index contributed by atoms with van der Waals surface area (Å²) in [6.45, 7) is 12.2. The molecule has 0 radical (unpaired) electrons. The van der Waals surface area contributed by atoms with Gasteiger partial charge in [0.15, 0.2) is 0 Å². The van der Waals surface area contributed by atoms with Gasteiger partial charge in [-0.25, -0.2) is 11.5 Å². The molecule has 0 bridgehead atoms. The number of piperidine rings is 1. The molecule has 4 aliphatic heterocycles. The number of amides is 4. The molecular formula is C21H22N6O4. The molecule has 4 amide bonds. The minimum Gasteiger partial charge on any atom is -0.352 e. The number of nitrogens with zero attached hydrogens (tertiary/aromatic N) is 4. The Labute approximate surface area is 179 Å². The number of carbonyl (C=O) groups is 4. The molecule has 160 valence electrons. The Bertz CT molecular complexity index is 1030. The van der Waals surface area contributed by atoms with Crippen LogP contribution in [0.3, 0.4) is 0 Å². The van der Waals surface area contributed by atoms with Gasteiger partial charge in [0.1, 0.15) is 19.1 Å². The Morgan fingerprint density at radius 1 is 1.03 bits per heavy atom. The average Bonchev–Trinajstić information content (AvgIpc) is 2.99. The highest BCUT2D eigenvalue weighted by atomic mass is 16.2. The van der Waals surface area contributed by atoms with E-state index in [9.17, 15) is 19.2 Å². The second-order valence-electron chi connectivity index (χ2n) is 8.36. The number of hydrogen-bond acceptors (Lipinski definition) is 7. The van der Waals surface area contributed by atoms with E-state index < -0.39 is 35.3 Å². The third-order valence-corrected chi connectivity index (χ3v) is 6.59. The van der Waals surface area contributed by atoms with Gasteiger partial charge in [0, 0.05) is 38.3 Å². The van der Waals surface area contributed by atoms with E-state index in [1.807, 2.05) is 4.90 Å². The maximum Gasteiger partial charge on any atom is 0.323 e. The zero-order valence-electron chi connectivity index (χ0n) is 16.9. The van der Waals surface area contributed by atoms with Crippen LogP contribution in [0.1, 0.15) is 33.6 Å². The fraction of sp³-hybridized carbons (Fsp3) is 0.476. The van der Waals surface area contributed by atoms with Crippen LogP contribution in [0, 0.1) is 6.57 Å². The first-order chi connectivity index (χ1) is 14.9. The number of benzene rings is 1. The number of imide groups is 2. The predicted octanol–water partition coefficient (Wildman–Crippen LogP) is -0.571. The summed E-state index contributed by atoms with van der Waals surface area (Å²) in [5.74, 6) is -2.05. The van der Waals surface area contributed by atoms with E-state index in [-0.39, 0.29) is 24.0 Å². The highest BCUT2D eigenvalue weighted by Gasteiger charge is 2.55. The first-order valence-corrected chi connectivity index (χ1v) is 10.4. The van der Waals surface area contributed by atoms with E-state index in [0.29, 0.717) is 13.1 Å². The molecule has 0 aliphatic carbocycles. The van der Waals surface area contributed by atoms with Crippen molar-refractivity contribution in [1.82, 2.24) is 20.4 Å². The van der Waals surface area contributed by atoms with Crippen LogP contribution >= 0.6 is 0 Å². The van der Waals surface area contributed by atoms with Gasteiger partial charge in [-0.15, -0.1) is 0 Å². The van der Waals surface area contributed by atoms with Crippen molar-refractivity contribution in [3.05, 3.63) is 40.7 Å². The first kappa shape index (κ1) is 19.7. The zero-order chi connectivity index (χ0) is 21.8. The molecule has 1 atom stereocenters. The van der Waals surface area contributed by atoms with Crippen LogP contribution in [0.5, 0.6) is 0 Å². The number of carbonyl (C=O) groups excluding carboxylic acids is 4. The summed E-state index contributed by atoms with van der Waals surface area (Å²) in [7, 11) is 0. The van der Waals surface area contributed by atoms with Gasteiger partial charge in [0.25, 0.3) is 11.8 Å². The maximum atomic E-state index is 13.0. The smallest absolute Gasteiger partial charge is 0.323 e. The maximum absolute atomic E-state index is 13.0. The standard InChI is InChI=1S/C21H22N6O4/c1-22-21(26-8-6-23-7-9-26)11-25(12-21)13-2-3-14-15(10-13)20(31)27(19(14)30)16-4-5-17(28)24-18(16)29/h2-3,10,16,23H,4-9,11-12H2,(H,24,28,29). The Balaban J connectivity index is 1.35. The molecule has 10 nitrogen and oxygen atoms in total. The molecule has 2 N–H and O–H groups in total. The average molecular weight is 422 g/mol. The fourth-order valence-electron chi connectivity index (χ4n) is 4.83. The SMILES string of the molecule is [C-]#[N+]C1(N2CCNCC2)CN(c2ccc3c(c2)C(=O)N(C2CCC(=O)NC2=O)C3=O)C1. The number of rotatable bonds is 3. The van der Waals surface area contributed by atoms with E-state index >= 15 is 0 Å². The minimum atomic E-state index is -0.972. The van der Waals surface area contributed by atoms with Crippen LogP contribution in [0.4, 0.5) is 5.69 Å². The minimum absolute atomic E-state index is 0.0908. The normalized spacial score (nSPS) is 25.7. The Kier molecular flexibility index (Phi) is 4.53. The van der Waals surface area contributed by atoms with Crippen LogP contribution in [0.25, 0.3) is 4.85 Å². The molecule has 1 unspecified atom stereocenters. The number of hydrogen-bond donors (Lipinski definition) is 2. The van der Waals surface area contributed by atoms with Crippen molar-refractivity contribution < 1.29 is 19.2 Å². The molecule has 10 heteroatoms. The van der Waals surface area contributed by atoms with Gasteiger partial charge in [0.05, 0.1) is 11.1 Å². The van der Waals surface area contributed by atoms with Crippen molar-refractivity contribution in [2.24, 2.45) is 0 Å². The fourth-order valence-corrected chi connectivity index (χ4v) is 4.83. The summed E-state index contributed by atoms with van der Waals surface area (Å²) < 4.78 is 0. The van der Waals surface area contributed by atoms with Gasteiger partial charge in [-0.3, -0.25) is 34.2 Å². The summed E-state index contributed by atoms with van der Waals surface area (Å²) in [6.07, 6.45) is 0.223. The van der Waals surface area contributed by atoms with Crippen molar-refractivity contribution in [3.8, 4) is 0 Å². The largest absolute Gasteiger partial charge is 0.352 e. The third-order valence-electron chi connectivity index (χ3n) is 6.59. The van der Waals surface area contributed by atoms with E-state index in [0.717, 1.165) is 36.8 Å². The molecular weight excluding hydrogens is 400 g/mol. The van der Waals surface area contributed by atoms with Gasteiger partial charge in [-0.05, 0) is 24.6 Å². The van der Waals surface area contributed by atoms with Crippen molar-refractivity contribution >= 4 is 29.3 Å². The van der Waals surface area contributed by atoms with E-state index in [4.69, 9.17) is 6.57 Å². The zero-order valence-corrected chi connectivity index (χ0v) is 16.9. The van der Waals surface area contributed by atoms with Crippen molar-refractivity contribution in [1.29, 1.82) is 0 Å². The summed E-state index contributed by atoms with van der Waals surface area (Å²) >= 11 is 0. The number of piperazine rings is 1. The number of anilines is 1. The van der Waals surface area contributed by atoms with Crippen molar-refractivity contribution in [3.63, 3.8) is 0 Å². The Hall–Kier alpha value is -3.29. The second-order valence-corrected chi connectivity index (χ2v) is 8.36. The van der Waals surface area contributed by atoms with Gasteiger partial charge < -0.3 is 10.2 Å².